The van der Waals surface area contributed by atoms with Crippen molar-refractivity contribution in [2.45, 2.75) is 13.5 Å². The number of aryl methyl sites for hydroxylation is 1. The maximum Gasteiger partial charge on any atom is 0.290 e. The van der Waals surface area contributed by atoms with Crippen LogP contribution in [0.1, 0.15) is 17.2 Å². The number of nitrogens with one attached hydrogen (secondary N) is 1. The third-order valence-corrected chi connectivity index (χ3v) is 5.53. The molecule has 0 radical (unpaired) electrons. The van der Waals surface area contributed by atoms with Gasteiger partial charge < -0.3 is 13.6 Å². The Hall–Kier alpha value is -3.78. The number of nitrogens with zero attached hydrogens (tertiary/aromatic N) is 1. The van der Waals surface area contributed by atoms with Crippen molar-refractivity contribution in [2.75, 3.05) is 0 Å². The van der Waals surface area contributed by atoms with Crippen molar-refractivity contribution in [1.82, 2.24) is 10.3 Å². The van der Waals surface area contributed by atoms with Crippen molar-refractivity contribution in [3.05, 3.63) is 76.7 Å². The van der Waals surface area contributed by atoms with Gasteiger partial charge in [-0.1, -0.05) is 18.2 Å². The van der Waals surface area contributed by atoms with Crippen LogP contribution in [-0.2, 0) is 11.4 Å². The second kappa shape index (κ2) is 7.81. The molecule has 1 saturated heterocycles. The summed E-state index contributed by atoms with van der Waals surface area (Å²) in [6.07, 6.45) is 1.55. The number of rotatable bonds is 5. The van der Waals surface area contributed by atoms with Crippen LogP contribution in [0.3, 0.4) is 0 Å². The number of fused-ring (bicyclic) bond motifs is 1. The minimum Gasteiger partial charge on any atom is -0.487 e. The standard InChI is InChI=1S/C23H16N2O5S/c1-13-18(24-22(29-13)14-5-3-2-4-6-14)12-28-16-8-7-15-9-17(30-19(15)10-16)11-20-21(26)25-23(27)31-20/h2-11H,12H2,1H3,(H,25,26,27)/b20-11-. The third kappa shape index (κ3) is 3.97. The molecule has 5 rings (SSSR count). The highest BCUT2D eigenvalue weighted by atomic mass is 32.2. The van der Waals surface area contributed by atoms with Gasteiger partial charge in [-0.25, -0.2) is 4.98 Å². The number of hydrogen-bond donors (Lipinski definition) is 1. The van der Waals surface area contributed by atoms with Gasteiger partial charge in [-0.2, -0.15) is 0 Å². The first kappa shape index (κ1) is 19.2. The van der Waals surface area contributed by atoms with Crippen LogP contribution in [-0.4, -0.2) is 16.1 Å². The fourth-order valence-corrected chi connectivity index (χ4v) is 3.82. The van der Waals surface area contributed by atoms with Crippen molar-refractivity contribution >= 4 is 40.0 Å². The van der Waals surface area contributed by atoms with E-state index >= 15 is 0 Å². The van der Waals surface area contributed by atoms with E-state index in [-0.39, 0.29) is 11.8 Å². The van der Waals surface area contributed by atoms with Crippen LogP contribution < -0.4 is 10.1 Å². The smallest absolute Gasteiger partial charge is 0.290 e. The van der Waals surface area contributed by atoms with Gasteiger partial charge in [-0.3, -0.25) is 14.9 Å². The lowest BCUT2D eigenvalue weighted by molar-refractivity contribution is -0.115. The number of amides is 2. The Kier molecular flexibility index (Phi) is 4.83. The maximum atomic E-state index is 11.7. The van der Waals surface area contributed by atoms with Gasteiger partial charge in [0.25, 0.3) is 11.1 Å². The first-order valence-electron chi connectivity index (χ1n) is 9.48. The van der Waals surface area contributed by atoms with Gasteiger partial charge in [-0.05, 0) is 49.0 Å². The van der Waals surface area contributed by atoms with Crippen LogP contribution in [0.5, 0.6) is 5.75 Å². The molecule has 1 fully saturated rings. The molecular weight excluding hydrogens is 416 g/mol. The third-order valence-electron chi connectivity index (χ3n) is 4.71. The molecule has 1 aliphatic heterocycles. The topological polar surface area (TPSA) is 94.6 Å². The highest BCUT2D eigenvalue weighted by Gasteiger charge is 2.25. The summed E-state index contributed by atoms with van der Waals surface area (Å²) in [6, 6.07) is 17.0. The Morgan fingerprint density at radius 3 is 2.71 bits per heavy atom. The molecule has 2 aromatic heterocycles. The number of carbonyl (C=O) groups excluding carboxylic acids is 2. The first-order chi connectivity index (χ1) is 15.0. The van der Waals surface area contributed by atoms with Gasteiger partial charge in [0.05, 0.1) is 4.91 Å². The average Bonchev–Trinajstić information content (AvgIpc) is 3.43. The molecule has 0 bridgehead atoms. The van der Waals surface area contributed by atoms with Crippen molar-refractivity contribution < 1.29 is 23.2 Å². The molecule has 2 amide bonds. The Bertz CT molecular complexity index is 1340. The molecule has 1 aliphatic rings. The van der Waals surface area contributed by atoms with Crippen LogP contribution in [0.2, 0.25) is 0 Å². The van der Waals surface area contributed by atoms with E-state index in [9.17, 15) is 9.59 Å². The molecular formula is C23H16N2O5S. The highest BCUT2D eigenvalue weighted by molar-refractivity contribution is 8.18. The first-order valence-corrected chi connectivity index (χ1v) is 10.3. The largest absolute Gasteiger partial charge is 0.487 e. The number of ether oxygens (including phenoxy) is 1. The van der Waals surface area contributed by atoms with E-state index in [2.05, 4.69) is 10.3 Å². The quantitative estimate of drug-likeness (QED) is 0.428. The lowest BCUT2D eigenvalue weighted by Gasteiger charge is -2.04. The van der Waals surface area contributed by atoms with Crippen LogP contribution in [0.4, 0.5) is 4.79 Å². The molecule has 1 N–H and O–H groups in total. The Morgan fingerprint density at radius 2 is 1.94 bits per heavy atom. The Morgan fingerprint density at radius 1 is 1.10 bits per heavy atom. The van der Waals surface area contributed by atoms with Crippen molar-refractivity contribution in [2.24, 2.45) is 0 Å². The van der Waals surface area contributed by atoms with Gasteiger partial charge in [-0.15, -0.1) is 0 Å². The summed E-state index contributed by atoms with van der Waals surface area (Å²) < 4.78 is 17.5. The van der Waals surface area contributed by atoms with Crippen molar-refractivity contribution in [3.8, 4) is 17.2 Å². The molecule has 2 aromatic carbocycles. The minimum absolute atomic E-state index is 0.254. The fraction of sp³-hybridized carbons (Fsp3) is 0.0870. The summed E-state index contributed by atoms with van der Waals surface area (Å²) in [4.78, 5) is 27.8. The number of hydrogen-bond acceptors (Lipinski definition) is 7. The lowest BCUT2D eigenvalue weighted by Crippen LogP contribution is -2.17. The van der Waals surface area contributed by atoms with Gasteiger partial charge in [0.2, 0.25) is 5.89 Å². The predicted octanol–water partition coefficient (Wildman–Crippen LogP) is 5.30. The lowest BCUT2D eigenvalue weighted by atomic mass is 10.2. The summed E-state index contributed by atoms with van der Waals surface area (Å²) in [6.45, 7) is 2.11. The zero-order valence-corrected chi connectivity index (χ0v) is 17.2. The summed E-state index contributed by atoms with van der Waals surface area (Å²) in [7, 11) is 0. The van der Waals surface area contributed by atoms with Crippen molar-refractivity contribution in [3.63, 3.8) is 0 Å². The number of aromatic nitrogens is 1. The highest BCUT2D eigenvalue weighted by Crippen LogP contribution is 2.30. The number of oxazole rings is 1. The van der Waals surface area contributed by atoms with Crippen LogP contribution >= 0.6 is 11.8 Å². The second-order valence-electron chi connectivity index (χ2n) is 6.88. The number of furan rings is 1. The van der Waals surface area contributed by atoms with E-state index in [1.165, 1.54) is 0 Å². The van der Waals surface area contributed by atoms with E-state index in [0.717, 1.165) is 28.4 Å². The fourth-order valence-electron chi connectivity index (χ4n) is 3.16. The number of imide groups is 1. The molecule has 31 heavy (non-hydrogen) atoms. The zero-order valence-electron chi connectivity index (χ0n) is 16.4. The van der Waals surface area contributed by atoms with E-state index < -0.39 is 5.91 Å². The molecule has 3 heterocycles. The normalized spacial score (nSPS) is 15.1. The minimum atomic E-state index is -0.419. The van der Waals surface area contributed by atoms with E-state index in [4.69, 9.17) is 13.6 Å². The molecule has 8 heteroatoms. The number of thioether (sulfide) groups is 1. The monoisotopic (exact) mass is 432 g/mol. The van der Waals surface area contributed by atoms with Gasteiger partial charge in [0, 0.05) is 23.1 Å². The number of benzene rings is 2. The zero-order chi connectivity index (χ0) is 21.4. The Labute approximate surface area is 181 Å². The van der Waals surface area contributed by atoms with Gasteiger partial charge in [0.15, 0.2) is 0 Å². The average molecular weight is 432 g/mol. The summed E-state index contributed by atoms with van der Waals surface area (Å²) in [5.41, 5.74) is 2.24. The molecule has 4 aromatic rings. The van der Waals surface area contributed by atoms with Gasteiger partial charge >= 0.3 is 0 Å². The molecule has 0 atom stereocenters. The molecule has 154 valence electrons. The number of carbonyl (C=O) groups is 2. The molecule has 0 unspecified atom stereocenters. The van der Waals surface area contributed by atoms with Gasteiger partial charge in [0.1, 0.15) is 35.2 Å². The van der Waals surface area contributed by atoms with Crippen molar-refractivity contribution in [1.29, 1.82) is 0 Å². The SMILES string of the molecule is Cc1oc(-c2ccccc2)nc1COc1ccc2cc(/C=C3\SC(=O)NC3=O)oc2c1. The van der Waals surface area contributed by atoms with Crippen LogP contribution in [0.25, 0.3) is 28.5 Å². The second-order valence-corrected chi connectivity index (χ2v) is 7.89. The molecule has 0 aliphatic carbocycles. The van der Waals surface area contributed by atoms with E-state index in [0.29, 0.717) is 33.6 Å². The molecule has 0 spiro atoms. The van der Waals surface area contributed by atoms with E-state index in [1.807, 2.05) is 49.4 Å². The molecule has 0 saturated carbocycles. The van der Waals surface area contributed by atoms with E-state index in [1.54, 1.807) is 18.2 Å². The Balaban J connectivity index is 1.33. The van der Waals surface area contributed by atoms with Crippen LogP contribution in [0.15, 0.2) is 68.3 Å². The summed E-state index contributed by atoms with van der Waals surface area (Å²) in [5, 5.41) is 2.69. The summed E-state index contributed by atoms with van der Waals surface area (Å²) >= 11 is 0.850. The summed E-state index contributed by atoms with van der Waals surface area (Å²) in [5.74, 6) is 1.95. The predicted molar refractivity (Wildman–Crippen MR) is 116 cm³/mol. The maximum absolute atomic E-state index is 11.7. The van der Waals surface area contributed by atoms with Crippen LogP contribution in [0, 0.1) is 6.92 Å². The molecule has 7 nitrogen and oxygen atoms in total.